The molecule has 4 unspecified atom stereocenters. The van der Waals surface area contributed by atoms with Crippen LogP contribution in [0.5, 0.6) is 0 Å². The van der Waals surface area contributed by atoms with E-state index in [9.17, 15) is 19.5 Å². The summed E-state index contributed by atoms with van der Waals surface area (Å²) in [4.78, 5) is 40.9. The van der Waals surface area contributed by atoms with Gasteiger partial charge in [0.1, 0.15) is 18.1 Å². The van der Waals surface area contributed by atoms with Gasteiger partial charge in [-0.05, 0) is 35.4 Å². The highest BCUT2D eigenvalue weighted by Gasteiger charge is 2.43. The van der Waals surface area contributed by atoms with E-state index in [0.29, 0.717) is 5.92 Å². The Morgan fingerprint density at radius 2 is 1.73 bits per heavy atom. The number of aliphatic hydroxyl groups is 1. The van der Waals surface area contributed by atoms with Gasteiger partial charge in [0.25, 0.3) is 0 Å². The molecule has 3 amide bonds. The van der Waals surface area contributed by atoms with Crippen molar-refractivity contribution in [2.24, 2.45) is 11.7 Å². The maximum absolute atomic E-state index is 13.8. The number of benzene rings is 2. The maximum Gasteiger partial charge on any atom is 0.248 e. The average Bonchev–Trinajstić information content (AvgIpc) is 3.54. The highest BCUT2D eigenvalue weighted by atomic mass is 16.3. The topological polar surface area (TPSA) is 143 Å². The molecule has 1 saturated heterocycles. The number of carbonyl (C=O) groups excluding carboxylic acids is 3. The van der Waals surface area contributed by atoms with Crippen LogP contribution in [0, 0.1) is 5.92 Å². The highest BCUT2D eigenvalue weighted by Crippen LogP contribution is 2.39. The fourth-order valence-corrected chi connectivity index (χ4v) is 5.36. The van der Waals surface area contributed by atoms with E-state index in [0.717, 1.165) is 35.2 Å². The lowest BCUT2D eigenvalue weighted by molar-refractivity contribution is -0.143. The second-order valence-electron chi connectivity index (χ2n) is 11.2. The number of nitrogens with one attached hydrogen (secondary N) is 1. The molecule has 1 aromatic heterocycles. The molecule has 40 heavy (non-hydrogen) atoms. The van der Waals surface area contributed by atoms with Crippen molar-refractivity contribution in [3.8, 4) is 11.1 Å². The molecule has 10 nitrogen and oxygen atoms in total. The predicted octanol–water partition coefficient (Wildman–Crippen LogP) is 2.19. The van der Waals surface area contributed by atoms with Gasteiger partial charge in [0.2, 0.25) is 17.7 Å². The molecule has 2 aromatic carbocycles. The first-order chi connectivity index (χ1) is 19.2. The van der Waals surface area contributed by atoms with Gasteiger partial charge in [-0.25, -0.2) is 4.68 Å². The number of hydrogen-bond acceptors (Lipinski definition) is 6. The number of aromatic nitrogens is 3. The summed E-state index contributed by atoms with van der Waals surface area (Å²) < 4.78 is 1.58. The molecule has 5 rings (SSSR count). The van der Waals surface area contributed by atoms with E-state index in [4.69, 9.17) is 5.73 Å². The van der Waals surface area contributed by atoms with Crippen LogP contribution < -0.4 is 11.1 Å². The van der Waals surface area contributed by atoms with Crippen molar-refractivity contribution in [3.63, 3.8) is 0 Å². The monoisotopic (exact) mass is 544 g/mol. The summed E-state index contributed by atoms with van der Waals surface area (Å²) in [6.07, 6.45) is 3.37. The smallest absolute Gasteiger partial charge is 0.248 e. The SMILES string of the molecule is CC(C)C(C(=O)N1CC(O)CC1C(=O)NC(Cc1ccc(-c2ccccc2)cc1)C(N)=O)n1cc(C2CC2)nn1. The molecule has 0 bridgehead atoms. The van der Waals surface area contributed by atoms with E-state index in [1.54, 1.807) is 4.68 Å². The number of aliphatic hydroxyl groups excluding tert-OH is 1. The molecule has 3 aromatic rings. The molecule has 10 heteroatoms. The number of nitrogens with two attached hydrogens (primary N) is 1. The Kier molecular flexibility index (Phi) is 7.97. The van der Waals surface area contributed by atoms with E-state index < -0.39 is 36.0 Å². The van der Waals surface area contributed by atoms with E-state index in [2.05, 4.69) is 15.6 Å². The minimum Gasteiger partial charge on any atom is -0.391 e. The first-order valence-electron chi connectivity index (χ1n) is 13.9. The summed E-state index contributed by atoms with van der Waals surface area (Å²) in [7, 11) is 0. The molecular formula is C30H36N6O4. The number of likely N-dealkylation sites (tertiary alicyclic amines) is 1. The molecule has 2 fully saturated rings. The highest BCUT2D eigenvalue weighted by molar-refractivity contribution is 5.93. The normalized spacial score (nSPS) is 20.4. The number of primary amides is 1. The average molecular weight is 545 g/mol. The lowest BCUT2D eigenvalue weighted by Crippen LogP contribution is -2.54. The van der Waals surface area contributed by atoms with Crippen molar-refractivity contribution in [1.29, 1.82) is 0 Å². The van der Waals surface area contributed by atoms with Gasteiger partial charge in [-0.2, -0.15) is 0 Å². The first kappa shape index (κ1) is 27.5. The summed E-state index contributed by atoms with van der Waals surface area (Å²) in [5.74, 6) is -1.24. The third-order valence-electron chi connectivity index (χ3n) is 7.72. The number of β-amino-alcohol motifs (C(OH)–C–C–N with tert-alkyl or cyclic N) is 1. The third-order valence-corrected chi connectivity index (χ3v) is 7.72. The Labute approximate surface area is 233 Å². The molecule has 1 aliphatic carbocycles. The largest absolute Gasteiger partial charge is 0.391 e. The van der Waals surface area contributed by atoms with Crippen LogP contribution in [0.4, 0.5) is 0 Å². The van der Waals surface area contributed by atoms with Crippen molar-refractivity contribution in [2.75, 3.05) is 6.54 Å². The molecule has 4 atom stereocenters. The van der Waals surface area contributed by atoms with Crippen LogP contribution in [-0.2, 0) is 20.8 Å². The molecule has 1 saturated carbocycles. The van der Waals surface area contributed by atoms with Crippen LogP contribution in [0.2, 0.25) is 0 Å². The number of hydrogen-bond donors (Lipinski definition) is 3. The van der Waals surface area contributed by atoms with Crippen molar-refractivity contribution in [1.82, 2.24) is 25.2 Å². The second-order valence-corrected chi connectivity index (χ2v) is 11.2. The Morgan fingerprint density at radius 1 is 1.05 bits per heavy atom. The van der Waals surface area contributed by atoms with Crippen LogP contribution in [-0.4, -0.2) is 67.5 Å². The minimum absolute atomic E-state index is 0.0203. The molecule has 2 heterocycles. The summed E-state index contributed by atoms with van der Waals surface area (Å²) in [6.45, 7) is 3.84. The van der Waals surface area contributed by atoms with Gasteiger partial charge in [-0.3, -0.25) is 14.4 Å². The summed E-state index contributed by atoms with van der Waals surface area (Å²) in [5.41, 5.74) is 9.49. The molecule has 2 aliphatic rings. The Bertz CT molecular complexity index is 1350. The van der Waals surface area contributed by atoms with Crippen molar-refractivity contribution in [2.45, 2.75) is 69.7 Å². The molecule has 1 aliphatic heterocycles. The third kappa shape index (κ3) is 6.07. The standard InChI is InChI=1S/C30H36N6O4/c1-18(2)27(36-17-25(33-34-36)22-12-13-22)30(40)35-16-23(37)15-26(35)29(39)32-24(28(31)38)14-19-8-10-21(11-9-19)20-6-4-3-5-7-20/h3-11,17-18,22-24,26-27,37H,12-16H2,1-2H3,(H2,31,38)(H,32,39). The van der Waals surface area contributed by atoms with Gasteiger partial charge in [0.15, 0.2) is 0 Å². The Morgan fingerprint density at radius 3 is 2.35 bits per heavy atom. The zero-order chi connectivity index (χ0) is 28.4. The lowest BCUT2D eigenvalue weighted by atomic mass is 10.00. The first-order valence-corrected chi connectivity index (χ1v) is 13.9. The fourth-order valence-electron chi connectivity index (χ4n) is 5.36. The van der Waals surface area contributed by atoms with Gasteiger partial charge in [-0.1, -0.05) is 73.7 Å². The van der Waals surface area contributed by atoms with Crippen LogP contribution in [0.1, 0.15) is 56.3 Å². The number of nitrogens with zero attached hydrogens (tertiary/aromatic N) is 4. The summed E-state index contributed by atoms with van der Waals surface area (Å²) in [5, 5.41) is 21.6. The van der Waals surface area contributed by atoms with Crippen molar-refractivity contribution >= 4 is 17.7 Å². The number of rotatable bonds is 10. The maximum atomic E-state index is 13.8. The van der Waals surface area contributed by atoms with Gasteiger partial charge < -0.3 is 21.1 Å². The van der Waals surface area contributed by atoms with Crippen molar-refractivity contribution < 1.29 is 19.5 Å². The Balaban J connectivity index is 1.28. The van der Waals surface area contributed by atoms with E-state index >= 15 is 0 Å². The molecule has 0 radical (unpaired) electrons. The van der Waals surface area contributed by atoms with Gasteiger partial charge in [0.05, 0.1) is 11.8 Å². The summed E-state index contributed by atoms with van der Waals surface area (Å²) >= 11 is 0. The quantitative estimate of drug-likeness (QED) is 0.357. The van der Waals surface area contributed by atoms with Crippen LogP contribution in [0.25, 0.3) is 11.1 Å². The van der Waals surface area contributed by atoms with Gasteiger partial charge in [0, 0.05) is 31.5 Å². The zero-order valence-corrected chi connectivity index (χ0v) is 22.8. The van der Waals surface area contributed by atoms with Crippen molar-refractivity contribution in [3.05, 3.63) is 72.1 Å². The van der Waals surface area contributed by atoms with E-state index in [1.807, 2.05) is 74.6 Å². The molecule has 4 N–H and O–H groups in total. The van der Waals surface area contributed by atoms with E-state index in [-0.39, 0.29) is 31.2 Å². The Hall–Kier alpha value is -4.05. The molecular weight excluding hydrogens is 508 g/mol. The van der Waals surface area contributed by atoms with E-state index in [1.165, 1.54) is 4.90 Å². The summed E-state index contributed by atoms with van der Waals surface area (Å²) in [6, 6.07) is 15.1. The van der Waals surface area contributed by atoms with Gasteiger partial charge in [-0.15, -0.1) is 5.10 Å². The zero-order valence-electron chi connectivity index (χ0n) is 22.8. The van der Waals surface area contributed by atoms with Gasteiger partial charge >= 0.3 is 0 Å². The molecule has 0 spiro atoms. The van der Waals surface area contributed by atoms with Crippen LogP contribution >= 0.6 is 0 Å². The van der Waals surface area contributed by atoms with Crippen LogP contribution in [0.3, 0.4) is 0 Å². The fraction of sp³-hybridized carbons (Fsp3) is 0.433. The number of amides is 3. The second kappa shape index (κ2) is 11.6. The van der Waals surface area contributed by atoms with Crippen LogP contribution in [0.15, 0.2) is 60.8 Å². The predicted molar refractivity (Wildman–Crippen MR) is 149 cm³/mol. The minimum atomic E-state index is -0.970. The number of carbonyl (C=O) groups is 3. The molecule has 210 valence electrons. The lowest BCUT2D eigenvalue weighted by Gasteiger charge is -2.30.